The van der Waals surface area contributed by atoms with Crippen molar-refractivity contribution in [2.45, 2.75) is 39.2 Å². The van der Waals surface area contributed by atoms with Gasteiger partial charge in [0.2, 0.25) is 0 Å². The number of aromatic nitrogens is 3. The Morgan fingerprint density at radius 3 is 2.59 bits per heavy atom. The molecular formula is C12H19N3O2. The molecular weight excluding hydrogens is 218 g/mol. The molecule has 5 nitrogen and oxygen atoms in total. The van der Waals surface area contributed by atoms with E-state index >= 15 is 0 Å². The van der Waals surface area contributed by atoms with Crippen molar-refractivity contribution in [3.8, 4) is 0 Å². The summed E-state index contributed by atoms with van der Waals surface area (Å²) < 4.78 is 6.44. The number of methoxy groups -OCH3 is 1. The first kappa shape index (κ1) is 12.1. The first-order chi connectivity index (χ1) is 8.10. The zero-order chi connectivity index (χ0) is 12.4. The molecule has 0 aromatic carbocycles. The van der Waals surface area contributed by atoms with Gasteiger partial charge in [-0.15, -0.1) is 5.10 Å². The number of hydrogen-bond acceptors (Lipinski definition) is 4. The van der Waals surface area contributed by atoms with E-state index in [-0.39, 0.29) is 0 Å². The van der Waals surface area contributed by atoms with Crippen LogP contribution in [0.5, 0.6) is 0 Å². The van der Waals surface area contributed by atoms with Crippen LogP contribution in [0, 0.1) is 11.8 Å². The SMILES string of the molecule is COC(=O)c1cn(C2CC(C)CC(C)C2)nn1. The molecule has 1 fully saturated rings. The van der Waals surface area contributed by atoms with Gasteiger partial charge in [0, 0.05) is 0 Å². The molecule has 1 saturated carbocycles. The predicted octanol–water partition coefficient (Wildman–Crippen LogP) is 2.06. The van der Waals surface area contributed by atoms with Crippen LogP contribution in [-0.2, 0) is 4.74 Å². The van der Waals surface area contributed by atoms with Crippen LogP contribution in [0.25, 0.3) is 0 Å². The van der Waals surface area contributed by atoms with E-state index in [0.29, 0.717) is 23.6 Å². The molecule has 1 aliphatic carbocycles. The van der Waals surface area contributed by atoms with Gasteiger partial charge >= 0.3 is 5.97 Å². The summed E-state index contributed by atoms with van der Waals surface area (Å²) in [6, 6.07) is 0.361. The van der Waals surface area contributed by atoms with Gasteiger partial charge in [-0.3, -0.25) is 0 Å². The molecule has 1 aromatic rings. The molecule has 0 saturated heterocycles. The second-order valence-corrected chi connectivity index (χ2v) is 5.15. The molecule has 0 radical (unpaired) electrons. The average molecular weight is 237 g/mol. The first-order valence-electron chi connectivity index (χ1n) is 6.10. The third-order valence-corrected chi connectivity index (χ3v) is 3.43. The van der Waals surface area contributed by atoms with Crippen molar-refractivity contribution in [3.05, 3.63) is 11.9 Å². The fourth-order valence-corrected chi connectivity index (χ4v) is 2.77. The number of carbonyl (C=O) groups excluding carboxylic acids is 1. The van der Waals surface area contributed by atoms with Crippen molar-refractivity contribution in [2.24, 2.45) is 11.8 Å². The summed E-state index contributed by atoms with van der Waals surface area (Å²) in [6.07, 6.45) is 5.18. The molecule has 1 aromatic heterocycles. The second kappa shape index (κ2) is 4.85. The zero-order valence-electron chi connectivity index (χ0n) is 10.6. The Morgan fingerprint density at radius 2 is 2.00 bits per heavy atom. The van der Waals surface area contributed by atoms with Crippen LogP contribution in [-0.4, -0.2) is 28.1 Å². The molecule has 2 rings (SSSR count). The van der Waals surface area contributed by atoms with Gasteiger partial charge in [0.15, 0.2) is 5.69 Å². The zero-order valence-corrected chi connectivity index (χ0v) is 10.6. The fourth-order valence-electron chi connectivity index (χ4n) is 2.77. The summed E-state index contributed by atoms with van der Waals surface area (Å²) in [5.41, 5.74) is 0.290. The van der Waals surface area contributed by atoms with Crippen LogP contribution in [0.1, 0.15) is 49.6 Å². The molecule has 0 bridgehead atoms. The van der Waals surface area contributed by atoms with Crippen molar-refractivity contribution in [2.75, 3.05) is 7.11 Å². The highest BCUT2D eigenvalue weighted by Crippen LogP contribution is 2.35. The normalized spacial score (nSPS) is 29.0. The highest BCUT2D eigenvalue weighted by molar-refractivity contribution is 5.86. The van der Waals surface area contributed by atoms with E-state index in [1.807, 2.05) is 4.68 Å². The lowest BCUT2D eigenvalue weighted by Gasteiger charge is -2.31. The highest BCUT2D eigenvalue weighted by atomic mass is 16.5. The molecule has 2 unspecified atom stereocenters. The number of hydrogen-bond donors (Lipinski definition) is 0. The summed E-state index contributed by atoms with van der Waals surface area (Å²) >= 11 is 0. The molecule has 0 aliphatic heterocycles. The number of rotatable bonds is 2. The van der Waals surface area contributed by atoms with E-state index < -0.39 is 5.97 Å². The predicted molar refractivity (Wildman–Crippen MR) is 62.6 cm³/mol. The molecule has 2 atom stereocenters. The van der Waals surface area contributed by atoms with Crippen molar-refractivity contribution in [3.63, 3.8) is 0 Å². The summed E-state index contributed by atoms with van der Waals surface area (Å²) in [7, 11) is 1.35. The highest BCUT2D eigenvalue weighted by Gasteiger charge is 2.26. The van der Waals surface area contributed by atoms with Gasteiger partial charge in [-0.1, -0.05) is 19.1 Å². The molecule has 0 spiro atoms. The van der Waals surface area contributed by atoms with Crippen LogP contribution in [0.3, 0.4) is 0 Å². The molecule has 0 N–H and O–H groups in total. The maximum Gasteiger partial charge on any atom is 0.360 e. The molecule has 1 aliphatic rings. The van der Waals surface area contributed by atoms with Gasteiger partial charge in [-0.2, -0.15) is 0 Å². The number of esters is 1. The van der Waals surface area contributed by atoms with Gasteiger partial charge < -0.3 is 4.74 Å². The largest absolute Gasteiger partial charge is 0.464 e. The minimum absolute atomic E-state index is 0.290. The molecule has 17 heavy (non-hydrogen) atoms. The van der Waals surface area contributed by atoms with Crippen LogP contribution >= 0.6 is 0 Å². The van der Waals surface area contributed by atoms with Crippen LogP contribution < -0.4 is 0 Å². The minimum Gasteiger partial charge on any atom is -0.464 e. The Labute approximate surface area is 101 Å². The van der Waals surface area contributed by atoms with Gasteiger partial charge in [0.25, 0.3) is 0 Å². The lowest BCUT2D eigenvalue weighted by Crippen LogP contribution is -2.23. The lowest BCUT2D eigenvalue weighted by atomic mass is 9.80. The second-order valence-electron chi connectivity index (χ2n) is 5.15. The number of carbonyl (C=O) groups is 1. The van der Waals surface area contributed by atoms with Gasteiger partial charge in [-0.05, 0) is 31.1 Å². The Morgan fingerprint density at radius 1 is 1.35 bits per heavy atom. The van der Waals surface area contributed by atoms with E-state index in [0.717, 1.165) is 12.8 Å². The Kier molecular flexibility index (Phi) is 3.45. The average Bonchev–Trinajstić information content (AvgIpc) is 2.76. The number of ether oxygens (including phenoxy) is 1. The number of nitrogens with zero attached hydrogens (tertiary/aromatic N) is 3. The molecule has 1 heterocycles. The Bertz CT molecular complexity index is 392. The van der Waals surface area contributed by atoms with Gasteiger partial charge in [0.1, 0.15) is 0 Å². The Balaban J connectivity index is 2.11. The molecule has 0 amide bonds. The standard InChI is InChI=1S/C12H19N3O2/c1-8-4-9(2)6-10(5-8)15-7-11(13-14-15)12(16)17-3/h7-10H,4-6H2,1-3H3. The molecule has 94 valence electrons. The van der Waals surface area contributed by atoms with Crippen molar-refractivity contribution < 1.29 is 9.53 Å². The third kappa shape index (κ3) is 2.65. The van der Waals surface area contributed by atoms with E-state index in [4.69, 9.17) is 0 Å². The monoisotopic (exact) mass is 237 g/mol. The summed E-state index contributed by atoms with van der Waals surface area (Å²) in [6.45, 7) is 4.53. The van der Waals surface area contributed by atoms with Crippen molar-refractivity contribution in [1.29, 1.82) is 0 Å². The van der Waals surface area contributed by atoms with E-state index in [2.05, 4.69) is 28.9 Å². The quantitative estimate of drug-likeness (QED) is 0.739. The Hall–Kier alpha value is -1.39. The van der Waals surface area contributed by atoms with Crippen LogP contribution in [0.2, 0.25) is 0 Å². The van der Waals surface area contributed by atoms with E-state index in [1.165, 1.54) is 13.5 Å². The maximum absolute atomic E-state index is 11.3. The van der Waals surface area contributed by atoms with Crippen molar-refractivity contribution >= 4 is 5.97 Å². The first-order valence-corrected chi connectivity index (χ1v) is 6.10. The summed E-state index contributed by atoms with van der Waals surface area (Å²) in [5, 5.41) is 7.89. The minimum atomic E-state index is -0.423. The third-order valence-electron chi connectivity index (χ3n) is 3.43. The van der Waals surface area contributed by atoms with Crippen molar-refractivity contribution in [1.82, 2.24) is 15.0 Å². The summed E-state index contributed by atoms with van der Waals surface area (Å²) in [4.78, 5) is 11.3. The maximum atomic E-state index is 11.3. The summed E-state index contributed by atoms with van der Waals surface area (Å²) in [5.74, 6) is 0.984. The van der Waals surface area contributed by atoms with Gasteiger partial charge in [0.05, 0.1) is 19.3 Å². The van der Waals surface area contributed by atoms with E-state index in [1.54, 1.807) is 6.20 Å². The topological polar surface area (TPSA) is 57.0 Å². The smallest absolute Gasteiger partial charge is 0.360 e. The van der Waals surface area contributed by atoms with Crippen LogP contribution in [0.4, 0.5) is 0 Å². The van der Waals surface area contributed by atoms with E-state index in [9.17, 15) is 4.79 Å². The van der Waals surface area contributed by atoms with Crippen LogP contribution in [0.15, 0.2) is 6.20 Å². The fraction of sp³-hybridized carbons (Fsp3) is 0.750. The van der Waals surface area contributed by atoms with Gasteiger partial charge in [-0.25, -0.2) is 9.48 Å². The molecule has 5 heteroatoms. The lowest BCUT2D eigenvalue weighted by molar-refractivity contribution is 0.0594.